The molecule has 0 spiro atoms. The van der Waals surface area contributed by atoms with Gasteiger partial charge in [-0.15, -0.1) is 0 Å². The largest absolute Gasteiger partial charge is 0.480 e. The molecule has 0 atom stereocenters. The molecule has 0 amide bonds. The number of carboxylic acid groups (broad SMARTS) is 1. The number of aryl methyl sites for hydroxylation is 1. The van der Waals surface area contributed by atoms with E-state index in [2.05, 4.69) is 72.5 Å². The van der Waals surface area contributed by atoms with Crippen molar-refractivity contribution in [1.82, 2.24) is 14.9 Å². The van der Waals surface area contributed by atoms with Crippen molar-refractivity contribution in [2.24, 2.45) is 7.05 Å². The number of benzene rings is 3. The second kappa shape index (κ2) is 12.2. The molecule has 1 heterocycles. The van der Waals surface area contributed by atoms with E-state index in [1.807, 2.05) is 49.4 Å². The molecule has 0 aliphatic rings. The molecule has 0 saturated carbocycles. The monoisotopic (exact) mass is 551 g/mol. The van der Waals surface area contributed by atoms with Gasteiger partial charge in [-0.3, -0.25) is 9.59 Å². The van der Waals surface area contributed by atoms with Crippen LogP contribution in [0.4, 0.5) is 17.2 Å². The lowest BCUT2D eigenvalue weighted by Crippen LogP contribution is -2.22. The number of nitrogens with zero attached hydrogens (tertiary/aromatic N) is 2. The van der Waals surface area contributed by atoms with E-state index in [9.17, 15) is 9.59 Å². The van der Waals surface area contributed by atoms with Gasteiger partial charge in [0.1, 0.15) is 0 Å². The van der Waals surface area contributed by atoms with E-state index in [0.717, 1.165) is 33.6 Å². The van der Waals surface area contributed by atoms with Crippen LogP contribution in [0.3, 0.4) is 0 Å². The number of nitrogens with one attached hydrogen (secondary N) is 3. The van der Waals surface area contributed by atoms with Crippen molar-refractivity contribution in [2.45, 2.75) is 39.7 Å². The molecular formula is C33H37N5O3. The Morgan fingerprint density at radius 1 is 1.02 bits per heavy atom. The van der Waals surface area contributed by atoms with Crippen molar-refractivity contribution in [2.75, 3.05) is 17.2 Å². The lowest BCUT2D eigenvalue weighted by atomic mass is 9.86. The molecule has 0 bridgehead atoms. The molecule has 8 nitrogen and oxygen atoms in total. The average molecular weight is 552 g/mol. The van der Waals surface area contributed by atoms with Crippen LogP contribution in [-0.2, 0) is 23.8 Å². The lowest BCUT2D eigenvalue weighted by Gasteiger charge is -2.20. The molecule has 3 aromatic carbocycles. The maximum Gasteiger partial charge on any atom is 0.317 e. The van der Waals surface area contributed by atoms with Gasteiger partial charge in [-0.25, -0.2) is 4.98 Å². The highest BCUT2D eigenvalue weighted by Gasteiger charge is 2.15. The zero-order valence-corrected chi connectivity index (χ0v) is 24.2. The molecule has 4 rings (SSSR count). The zero-order chi connectivity index (χ0) is 29.7. The standard InChI is InChI=1S/C33H37N5O3/c1-21-27(8-7-9-28(21)35-22(2)24-12-14-25(15-13-24)33(3,4)5)29-20-38(6)32(41)31(37-29)36-26-16-10-23(11-17-26)18-34-19-30(39)40/h7-17,20,34-35H,2,18-19H2,1,3-6H3,(H,36,37)(H,39,40). The maximum atomic E-state index is 12.9. The fourth-order valence-corrected chi connectivity index (χ4v) is 4.43. The highest BCUT2D eigenvalue weighted by molar-refractivity contribution is 5.81. The fraction of sp³-hybridized carbons (Fsp3) is 0.242. The van der Waals surface area contributed by atoms with Gasteiger partial charge in [0.15, 0.2) is 5.82 Å². The van der Waals surface area contributed by atoms with Crippen LogP contribution >= 0.6 is 0 Å². The number of hydrogen-bond acceptors (Lipinski definition) is 6. The van der Waals surface area contributed by atoms with Crippen LogP contribution in [0.15, 0.2) is 84.3 Å². The first-order chi connectivity index (χ1) is 19.4. The van der Waals surface area contributed by atoms with Gasteiger partial charge < -0.3 is 25.6 Å². The first-order valence-corrected chi connectivity index (χ1v) is 13.5. The molecule has 0 radical (unpaired) electrons. The number of aromatic nitrogens is 2. The molecular weight excluding hydrogens is 514 g/mol. The second-order valence-electron chi connectivity index (χ2n) is 11.1. The number of rotatable bonds is 10. The van der Waals surface area contributed by atoms with E-state index >= 15 is 0 Å². The van der Waals surface area contributed by atoms with Crippen molar-refractivity contribution >= 4 is 28.9 Å². The molecule has 0 unspecified atom stereocenters. The second-order valence-corrected chi connectivity index (χ2v) is 11.1. The van der Waals surface area contributed by atoms with Gasteiger partial charge in [-0.1, -0.05) is 75.9 Å². The lowest BCUT2D eigenvalue weighted by molar-refractivity contribution is -0.136. The third-order valence-electron chi connectivity index (χ3n) is 6.89. The SMILES string of the molecule is C=C(Nc1cccc(-c2cn(C)c(=O)c(Nc3ccc(CNCC(=O)O)cc3)n2)c1C)c1ccc(C(C)(C)C)cc1. The minimum atomic E-state index is -0.905. The fourth-order valence-electron chi connectivity index (χ4n) is 4.43. The van der Waals surface area contributed by atoms with Crippen LogP contribution < -0.4 is 21.5 Å². The summed E-state index contributed by atoms with van der Waals surface area (Å²) in [5, 5.41) is 18.2. The summed E-state index contributed by atoms with van der Waals surface area (Å²) in [4.78, 5) is 28.3. The summed E-state index contributed by atoms with van der Waals surface area (Å²) < 4.78 is 1.52. The molecule has 0 saturated heterocycles. The molecule has 8 heteroatoms. The van der Waals surface area contributed by atoms with E-state index in [-0.39, 0.29) is 23.3 Å². The van der Waals surface area contributed by atoms with Crippen LogP contribution in [-0.4, -0.2) is 27.2 Å². The molecule has 4 N–H and O–H groups in total. The molecule has 0 aliphatic heterocycles. The Morgan fingerprint density at radius 3 is 2.34 bits per heavy atom. The van der Waals surface area contributed by atoms with E-state index in [1.54, 1.807) is 13.2 Å². The molecule has 212 valence electrons. The molecule has 41 heavy (non-hydrogen) atoms. The van der Waals surface area contributed by atoms with Gasteiger partial charge in [0.25, 0.3) is 5.56 Å². The number of carboxylic acids is 1. The van der Waals surface area contributed by atoms with E-state index < -0.39 is 5.97 Å². The van der Waals surface area contributed by atoms with E-state index in [0.29, 0.717) is 17.9 Å². The van der Waals surface area contributed by atoms with Gasteiger partial charge in [0.2, 0.25) is 0 Å². The van der Waals surface area contributed by atoms with Gasteiger partial charge in [0, 0.05) is 42.4 Å². The van der Waals surface area contributed by atoms with Crippen molar-refractivity contribution in [3.63, 3.8) is 0 Å². The molecule has 1 aromatic heterocycles. The summed E-state index contributed by atoms with van der Waals surface area (Å²) in [5.41, 5.74) is 7.98. The van der Waals surface area contributed by atoms with Crippen molar-refractivity contribution in [3.05, 3.63) is 112 Å². The Balaban J connectivity index is 1.54. The summed E-state index contributed by atoms with van der Waals surface area (Å²) in [6, 6.07) is 21.8. The minimum absolute atomic E-state index is 0.0823. The quantitative estimate of drug-likeness (QED) is 0.190. The van der Waals surface area contributed by atoms with E-state index in [4.69, 9.17) is 5.11 Å². The predicted molar refractivity (Wildman–Crippen MR) is 167 cm³/mol. The van der Waals surface area contributed by atoms with Crippen LogP contribution in [0.2, 0.25) is 0 Å². The smallest absolute Gasteiger partial charge is 0.317 e. The summed E-state index contributed by atoms with van der Waals surface area (Å²) in [5.74, 6) is -0.694. The number of anilines is 3. The average Bonchev–Trinajstić information content (AvgIpc) is 2.92. The minimum Gasteiger partial charge on any atom is -0.480 e. The van der Waals surface area contributed by atoms with Gasteiger partial charge in [-0.2, -0.15) is 0 Å². The first-order valence-electron chi connectivity index (χ1n) is 13.5. The highest BCUT2D eigenvalue weighted by atomic mass is 16.4. The van der Waals surface area contributed by atoms with Crippen LogP contribution in [0.5, 0.6) is 0 Å². The zero-order valence-electron chi connectivity index (χ0n) is 24.2. The molecule has 0 fully saturated rings. The third kappa shape index (κ3) is 7.29. The molecule has 0 aliphatic carbocycles. The van der Waals surface area contributed by atoms with Gasteiger partial charge in [0.05, 0.1) is 12.2 Å². The molecule has 4 aromatic rings. The Labute approximate surface area is 240 Å². The normalized spacial score (nSPS) is 11.2. The summed E-state index contributed by atoms with van der Waals surface area (Å²) in [6.07, 6.45) is 1.73. The highest BCUT2D eigenvalue weighted by Crippen LogP contribution is 2.30. The first kappa shape index (κ1) is 29.3. The maximum absolute atomic E-state index is 12.9. The van der Waals surface area contributed by atoms with Crippen LogP contribution in [0, 0.1) is 6.92 Å². The van der Waals surface area contributed by atoms with Crippen molar-refractivity contribution < 1.29 is 9.90 Å². The number of carbonyl (C=O) groups is 1. The number of aliphatic carboxylic acids is 1. The van der Waals surface area contributed by atoms with E-state index in [1.165, 1.54) is 10.1 Å². The van der Waals surface area contributed by atoms with Crippen LogP contribution in [0.25, 0.3) is 17.0 Å². The van der Waals surface area contributed by atoms with Gasteiger partial charge in [-0.05, 0) is 52.8 Å². The Hall–Kier alpha value is -4.69. The predicted octanol–water partition coefficient (Wildman–Crippen LogP) is 6.05. The Kier molecular flexibility index (Phi) is 8.74. The Bertz CT molecular complexity index is 1620. The van der Waals surface area contributed by atoms with Crippen molar-refractivity contribution in [1.29, 1.82) is 0 Å². The van der Waals surface area contributed by atoms with Crippen molar-refractivity contribution in [3.8, 4) is 11.3 Å². The summed E-state index contributed by atoms with van der Waals surface area (Å²) >= 11 is 0. The number of hydrogen-bond donors (Lipinski definition) is 4. The van der Waals surface area contributed by atoms with Crippen LogP contribution in [0.1, 0.15) is 43.0 Å². The van der Waals surface area contributed by atoms with Gasteiger partial charge >= 0.3 is 5.97 Å². The topological polar surface area (TPSA) is 108 Å². The third-order valence-corrected chi connectivity index (χ3v) is 6.89. The summed E-state index contributed by atoms with van der Waals surface area (Å²) in [6.45, 7) is 13.2. The summed E-state index contributed by atoms with van der Waals surface area (Å²) in [7, 11) is 1.70. The Morgan fingerprint density at radius 2 is 1.71 bits per heavy atom.